The standard InChI is InChI=1S/C11H15ClFN/c1-2-3-7-10(14)8-5-4-6-9(12)11(8)13/h4-6,10H,2-3,7,14H2,1H3/t10-/m1/s1. The Kier molecular flexibility index (Phi) is 4.36. The van der Waals surface area contributed by atoms with Crippen LogP contribution in [0.1, 0.15) is 37.8 Å². The van der Waals surface area contributed by atoms with Crippen molar-refractivity contribution in [3.05, 3.63) is 34.6 Å². The maximum atomic E-state index is 13.5. The zero-order valence-electron chi connectivity index (χ0n) is 8.26. The molecule has 3 heteroatoms. The van der Waals surface area contributed by atoms with E-state index in [1.54, 1.807) is 12.1 Å². The van der Waals surface area contributed by atoms with Gasteiger partial charge in [-0.25, -0.2) is 4.39 Å². The Morgan fingerprint density at radius 2 is 2.21 bits per heavy atom. The Bertz CT molecular complexity index is 301. The molecule has 0 aliphatic heterocycles. The lowest BCUT2D eigenvalue weighted by Crippen LogP contribution is -2.12. The minimum absolute atomic E-state index is 0.148. The van der Waals surface area contributed by atoms with Gasteiger partial charge >= 0.3 is 0 Å². The van der Waals surface area contributed by atoms with Gasteiger partial charge in [-0.05, 0) is 12.5 Å². The highest BCUT2D eigenvalue weighted by Gasteiger charge is 2.12. The quantitative estimate of drug-likeness (QED) is 0.815. The molecule has 0 unspecified atom stereocenters. The lowest BCUT2D eigenvalue weighted by Gasteiger charge is -2.12. The summed E-state index contributed by atoms with van der Waals surface area (Å²) in [6.07, 6.45) is 2.87. The van der Waals surface area contributed by atoms with Crippen molar-refractivity contribution in [2.45, 2.75) is 32.2 Å². The summed E-state index contributed by atoms with van der Waals surface area (Å²) in [6.45, 7) is 2.08. The molecule has 0 aromatic heterocycles. The Hall–Kier alpha value is -0.600. The molecule has 0 fully saturated rings. The van der Waals surface area contributed by atoms with Crippen LogP contribution in [0.5, 0.6) is 0 Å². The summed E-state index contributed by atoms with van der Waals surface area (Å²) >= 11 is 5.66. The van der Waals surface area contributed by atoms with E-state index in [1.807, 2.05) is 0 Å². The average molecular weight is 216 g/mol. The first-order chi connectivity index (χ1) is 6.66. The van der Waals surface area contributed by atoms with Crippen molar-refractivity contribution >= 4 is 11.6 Å². The molecule has 0 radical (unpaired) electrons. The summed E-state index contributed by atoms with van der Waals surface area (Å²) in [6, 6.07) is 4.72. The number of hydrogen-bond acceptors (Lipinski definition) is 1. The third kappa shape index (κ3) is 2.69. The fourth-order valence-electron chi connectivity index (χ4n) is 1.39. The van der Waals surface area contributed by atoms with E-state index < -0.39 is 0 Å². The predicted octanol–water partition coefficient (Wildman–Crippen LogP) is 3.67. The molecule has 1 atom stereocenters. The molecule has 1 nitrogen and oxygen atoms in total. The maximum Gasteiger partial charge on any atom is 0.146 e. The number of nitrogens with two attached hydrogens (primary N) is 1. The minimum atomic E-state index is -0.377. The normalized spacial score (nSPS) is 12.9. The topological polar surface area (TPSA) is 26.0 Å². The van der Waals surface area contributed by atoms with Crippen LogP contribution in [0.3, 0.4) is 0 Å². The summed E-state index contributed by atoms with van der Waals surface area (Å²) < 4.78 is 13.5. The molecule has 14 heavy (non-hydrogen) atoms. The van der Waals surface area contributed by atoms with Gasteiger partial charge < -0.3 is 5.73 Å². The van der Waals surface area contributed by atoms with Gasteiger partial charge in [-0.3, -0.25) is 0 Å². The van der Waals surface area contributed by atoms with Gasteiger partial charge in [-0.2, -0.15) is 0 Å². The predicted molar refractivity (Wildman–Crippen MR) is 57.9 cm³/mol. The second kappa shape index (κ2) is 5.32. The second-order valence-electron chi connectivity index (χ2n) is 3.39. The molecule has 1 aromatic carbocycles. The zero-order chi connectivity index (χ0) is 10.6. The SMILES string of the molecule is CCCC[C@@H](N)c1cccc(Cl)c1F. The second-order valence-corrected chi connectivity index (χ2v) is 3.80. The average Bonchev–Trinajstić information content (AvgIpc) is 2.18. The minimum Gasteiger partial charge on any atom is -0.324 e. The van der Waals surface area contributed by atoms with Gasteiger partial charge in [0.2, 0.25) is 0 Å². The van der Waals surface area contributed by atoms with Gasteiger partial charge in [0.15, 0.2) is 0 Å². The van der Waals surface area contributed by atoms with Crippen LogP contribution in [0.15, 0.2) is 18.2 Å². The third-order valence-corrected chi connectivity index (χ3v) is 2.54. The molecule has 0 spiro atoms. The number of rotatable bonds is 4. The van der Waals surface area contributed by atoms with E-state index in [0.717, 1.165) is 19.3 Å². The molecular formula is C11H15ClFN. The number of unbranched alkanes of at least 4 members (excludes halogenated alkanes) is 1. The molecule has 0 aliphatic rings. The van der Waals surface area contributed by atoms with Crippen molar-refractivity contribution in [3.8, 4) is 0 Å². The lowest BCUT2D eigenvalue weighted by atomic mass is 10.0. The van der Waals surface area contributed by atoms with Crippen LogP contribution in [0.2, 0.25) is 5.02 Å². The van der Waals surface area contributed by atoms with Crippen molar-refractivity contribution in [1.29, 1.82) is 0 Å². The van der Waals surface area contributed by atoms with Gasteiger partial charge in [0.25, 0.3) is 0 Å². The summed E-state index contributed by atoms with van der Waals surface area (Å²) in [7, 11) is 0. The van der Waals surface area contributed by atoms with Crippen molar-refractivity contribution in [2.24, 2.45) is 5.73 Å². The highest BCUT2D eigenvalue weighted by atomic mass is 35.5. The molecule has 0 aliphatic carbocycles. The van der Waals surface area contributed by atoms with Crippen LogP contribution in [-0.4, -0.2) is 0 Å². The fourth-order valence-corrected chi connectivity index (χ4v) is 1.57. The highest BCUT2D eigenvalue weighted by molar-refractivity contribution is 6.30. The van der Waals surface area contributed by atoms with Crippen LogP contribution in [-0.2, 0) is 0 Å². The summed E-state index contributed by atoms with van der Waals surface area (Å²) in [5.74, 6) is -0.377. The molecule has 0 saturated carbocycles. The van der Waals surface area contributed by atoms with Crippen LogP contribution in [0.4, 0.5) is 4.39 Å². The van der Waals surface area contributed by atoms with E-state index in [4.69, 9.17) is 17.3 Å². The molecule has 0 heterocycles. The molecule has 0 bridgehead atoms. The van der Waals surface area contributed by atoms with E-state index in [9.17, 15) is 4.39 Å². The van der Waals surface area contributed by atoms with Gasteiger partial charge in [-0.15, -0.1) is 0 Å². The number of hydrogen-bond donors (Lipinski definition) is 1. The van der Waals surface area contributed by atoms with Crippen molar-refractivity contribution in [3.63, 3.8) is 0 Å². The largest absolute Gasteiger partial charge is 0.324 e. The van der Waals surface area contributed by atoms with E-state index in [1.165, 1.54) is 6.07 Å². The first kappa shape index (κ1) is 11.5. The Labute approximate surface area is 89.1 Å². The fraction of sp³-hybridized carbons (Fsp3) is 0.455. The smallest absolute Gasteiger partial charge is 0.146 e. The van der Waals surface area contributed by atoms with Gasteiger partial charge in [0.05, 0.1) is 5.02 Å². The molecule has 0 amide bonds. The van der Waals surface area contributed by atoms with Crippen molar-refractivity contribution < 1.29 is 4.39 Å². The van der Waals surface area contributed by atoms with Crippen LogP contribution >= 0.6 is 11.6 Å². The molecule has 2 N–H and O–H groups in total. The number of halogens is 2. The van der Waals surface area contributed by atoms with Crippen LogP contribution in [0, 0.1) is 5.82 Å². The van der Waals surface area contributed by atoms with E-state index in [-0.39, 0.29) is 16.9 Å². The zero-order valence-corrected chi connectivity index (χ0v) is 9.02. The monoisotopic (exact) mass is 215 g/mol. The molecule has 1 aromatic rings. The third-order valence-electron chi connectivity index (χ3n) is 2.25. The van der Waals surface area contributed by atoms with Crippen LogP contribution < -0.4 is 5.73 Å². The van der Waals surface area contributed by atoms with Gasteiger partial charge in [0.1, 0.15) is 5.82 Å². The summed E-state index contributed by atoms with van der Waals surface area (Å²) in [5.41, 5.74) is 6.37. The molecular weight excluding hydrogens is 201 g/mol. The van der Waals surface area contributed by atoms with E-state index in [0.29, 0.717) is 5.56 Å². The first-order valence-electron chi connectivity index (χ1n) is 4.86. The molecule has 1 rings (SSSR count). The van der Waals surface area contributed by atoms with Gasteiger partial charge in [0, 0.05) is 11.6 Å². The summed E-state index contributed by atoms with van der Waals surface area (Å²) in [5, 5.41) is 0.148. The van der Waals surface area contributed by atoms with Crippen molar-refractivity contribution in [2.75, 3.05) is 0 Å². The van der Waals surface area contributed by atoms with Crippen molar-refractivity contribution in [1.82, 2.24) is 0 Å². The van der Waals surface area contributed by atoms with Gasteiger partial charge in [-0.1, -0.05) is 43.5 Å². The lowest BCUT2D eigenvalue weighted by molar-refractivity contribution is 0.548. The maximum absolute atomic E-state index is 13.5. The molecule has 0 saturated heterocycles. The molecule has 78 valence electrons. The first-order valence-corrected chi connectivity index (χ1v) is 5.24. The Balaban J connectivity index is 2.79. The number of benzene rings is 1. The van der Waals surface area contributed by atoms with Crippen LogP contribution in [0.25, 0.3) is 0 Å². The van der Waals surface area contributed by atoms with E-state index >= 15 is 0 Å². The Morgan fingerprint density at radius 1 is 1.50 bits per heavy atom. The Morgan fingerprint density at radius 3 is 2.86 bits per heavy atom. The summed E-state index contributed by atoms with van der Waals surface area (Å²) in [4.78, 5) is 0. The highest BCUT2D eigenvalue weighted by Crippen LogP contribution is 2.24. The van der Waals surface area contributed by atoms with E-state index in [2.05, 4.69) is 6.92 Å².